The summed E-state index contributed by atoms with van der Waals surface area (Å²) < 4.78 is 35.9. The number of nitrogens with one attached hydrogen (secondary N) is 1. The van der Waals surface area contributed by atoms with Gasteiger partial charge in [-0.3, -0.25) is 14.4 Å². The highest BCUT2D eigenvalue weighted by atomic mass is 19.4. The average molecular weight is 470 g/mol. The minimum Gasteiger partial charge on any atom is -0.475 e. The Bertz CT molecular complexity index is 980. The molecule has 182 valence electrons. The number of nitrogens with zero attached hydrogens (tertiary/aromatic N) is 5. The van der Waals surface area contributed by atoms with Crippen LogP contribution in [0.2, 0.25) is 0 Å². The van der Waals surface area contributed by atoms with E-state index in [1.165, 1.54) is 5.56 Å². The van der Waals surface area contributed by atoms with Crippen LogP contribution in [-0.2, 0) is 29.1 Å². The van der Waals surface area contributed by atoms with Crippen LogP contribution in [0.25, 0.3) is 0 Å². The van der Waals surface area contributed by atoms with Crippen LogP contribution in [-0.4, -0.2) is 60.0 Å². The van der Waals surface area contributed by atoms with Gasteiger partial charge in [-0.25, -0.2) is 9.78 Å². The lowest BCUT2D eigenvalue weighted by Crippen LogP contribution is -2.36. The lowest BCUT2D eigenvalue weighted by Gasteiger charge is -2.33. The molecule has 33 heavy (non-hydrogen) atoms. The van der Waals surface area contributed by atoms with E-state index in [0.717, 1.165) is 44.0 Å². The zero-order valence-electron chi connectivity index (χ0n) is 18.8. The van der Waals surface area contributed by atoms with Crippen LogP contribution in [0.15, 0.2) is 18.6 Å². The summed E-state index contributed by atoms with van der Waals surface area (Å²) in [6.45, 7) is 9.23. The molecule has 2 N–H and O–H groups in total. The van der Waals surface area contributed by atoms with Gasteiger partial charge in [-0.15, -0.1) is 0 Å². The minimum absolute atomic E-state index is 0.0913. The maximum Gasteiger partial charge on any atom is 0.490 e. The summed E-state index contributed by atoms with van der Waals surface area (Å²) in [5, 5.41) is 14.6. The van der Waals surface area contributed by atoms with E-state index in [9.17, 15) is 18.0 Å². The number of carbonyl (C=O) groups is 2. The summed E-state index contributed by atoms with van der Waals surface area (Å²) in [6, 6.07) is 1.01. The van der Waals surface area contributed by atoms with Crippen LogP contribution in [0, 0.1) is 0 Å². The number of rotatable bonds is 6. The summed E-state index contributed by atoms with van der Waals surface area (Å²) in [4.78, 5) is 28.1. The van der Waals surface area contributed by atoms with Crippen LogP contribution < -0.4 is 5.32 Å². The van der Waals surface area contributed by atoms with Crippen LogP contribution >= 0.6 is 0 Å². The Morgan fingerprint density at radius 3 is 2.45 bits per heavy atom. The van der Waals surface area contributed by atoms with Gasteiger partial charge in [-0.05, 0) is 33.6 Å². The topological polar surface area (TPSA) is 105 Å². The van der Waals surface area contributed by atoms with E-state index >= 15 is 0 Å². The second kappa shape index (κ2) is 9.94. The second-order valence-corrected chi connectivity index (χ2v) is 8.67. The molecule has 1 fully saturated rings. The Labute approximate surface area is 189 Å². The van der Waals surface area contributed by atoms with E-state index in [0.29, 0.717) is 18.5 Å². The van der Waals surface area contributed by atoms with Crippen molar-refractivity contribution >= 4 is 11.9 Å². The number of fused-ring (bicyclic) bond motifs is 1. The Balaban J connectivity index is 0.000000383. The third-order valence-electron chi connectivity index (χ3n) is 5.50. The van der Waals surface area contributed by atoms with Crippen molar-refractivity contribution in [1.82, 2.24) is 29.5 Å². The first-order valence-corrected chi connectivity index (χ1v) is 10.9. The molecule has 3 heterocycles. The van der Waals surface area contributed by atoms with Crippen LogP contribution in [0.5, 0.6) is 0 Å². The summed E-state index contributed by atoms with van der Waals surface area (Å²) in [7, 11) is 0. The van der Waals surface area contributed by atoms with E-state index in [4.69, 9.17) is 14.9 Å². The molecule has 0 bridgehead atoms. The molecule has 0 spiro atoms. The van der Waals surface area contributed by atoms with Crippen LogP contribution in [0.3, 0.4) is 0 Å². The van der Waals surface area contributed by atoms with E-state index in [1.807, 2.05) is 17.1 Å². The molecule has 1 saturated carbocycles. The molecule has 1 aliphatic heterocycles. The van der Waals surface area contributed by atoms with Gasteiger partial charge in [0.05, 0.1) is 24.4 Å². The first-order chi connectivity index (χ1) is 15.4. The van der Waals surface area contributed by atoms with Crippen LogP contribution in [0.4, 0.5) is 13.2 Å². The molecule has 9 nitrogen and oxygen atoms in total. The highest BCUT2D eigenvalue weighted by Gasteiger charge is 2.38. The quantitative estimate of drug-likeness (QED) is 0.673. The number of alkyl halides is 3. The highest BCUT2D eigenvalue weighted by molar-refractivity contribution is 5.78. The smallest absolute Gasteiger partial charge is 0.475 e. The monoisotopic (exact) mass is 470 g/mol. The number of carbonyl (C=O) groups excluding carboxylic acids is 1. The predicted octanol–water partition coefficient (Wildman–Crippen LogP) is 2.69. The summed E-state index contributed by atoms with van der Waals surface area (Å²) in [6.07, 6.45) is 3.67. The summed E-state index contributed by atoms with van der Waals surface area (Å²) in [5.74, 6) is -1.61. The molecule has 2 aliphatic rings. The number of hydrogen-bond donors (Lipinski definition) is 2. The third-order valence-corrected chi connectivity index (χ3v) is 5.50. The van der Waals surface area contributed by atoms with Crippen molar-refractivity contribution in [3.63, 3.8) is 0 Å². The SMILES string of the molecule is CC1c2nc(CC(=O)NC3CC3)cn2CCN1Cc1cnn(C(C)C)c1.O=C(O)C(F)(F)F. The normalized spacial score (nSPS) is 18.5. The van der Waals surface area contributed by atoms with Gasteiger partial charge < -0.3 is 15.0 Å². The summed E-state index contributed by atoms with van der Waals surface area (Å²) in [5.41, 5.74) is 2.11. The van der Waals surface area contributed by atoms with Gasteiger partial charge in [0.1, 0.15) is 5.82 Å². The molecule has 1 amide bonds. The molecular weight excluding hydrogens is 441 g/mol. The fourth-order valence-electron chi connectivity index (χ4n) is 3.54. The number of halogens is 3. The number of aliphatic carboxylic acids is 1. The Morgan fingerprint density at radius 2 is 1.91 bits per heavy atom. The van der Waals surface area contributed by atoms with Gasteiger partial charge in [-0.1, -0.05) is 0 Å². The van der Waals surface area contributed by atoms with Crippen molar-refractivity contribution in [1.29, 1.82) is 0 Å². The Kier molecular flexibility index (Phi) is 7.45. The standard InChI is InChI=1S/C19H28N6O.C2HF3O2/c1-13(2)25-11-15(9-20-25)10-23-6-7-24-12-17(22-19(24)14(23)3)8-18(26)21-16-4-5-16;3-2(4,5)1(6)7/h9,11-14,16H,4-8,10H2,1-3H3,(H,21,26);(H,6,7). The van der Waals surface area contributed by atoms with E-state index in [1.54, 1.807) is 0 Å². The highest BCUT2D eigenvalue weighted by Crippen LogP contribution is 2.26. The first kappa shape index (κ1) is 24.7. The zero-order valence-corrected chi connectivity index (χ0v) is 18.8. The molecule has 2 aromatic rings. The number of carboxylic acids is 1. The molecular formula is C21H29F3N6O3. The molecule has 1 atom stereocenters. The first-order valence-electron chi connectivity index (χ1n) is 10.9. The van der Waals surface area contributed by atoms with Gasteiger partial charge >= 0.3 is 12.1 Å². The molecule has 1 aliphatic carbocycles. The fourth-order valence-corrected chi connectivity index (χ4v) is 3.54. The van der Waals surface area contributed by atoms with Gasteiger partial charge in [0.15, 0.2) is 0 Å². The molecule has 0 aromatic carbocycles. The second-order valence-electron chi connectivity index (χ2n) is 8.67. The van der Waals surface area contributed by atoms with Crippen molar-refractivity contribution in [2.75, 3.05) is 6.54 Å². The van der Waals surface area contributed by atoms with E-state index in [2.05, 4.69) is 46.9 Å². The van der Waals surface area contributed by atoms with E-state index in [-0.39, 0.29) is 11.9 Å². The maximum absolute atomic E-state index is 12.0. The average Bonchev–Trinajstić information content (AvgIpc) is 3.23. The Morgan fingerprint density at radius 1 is 1.24 bits per heavy atom. The van der Waals surface area contributed by atoms with Crippen molar-refractivity contribution in [2.45, 2.75) is 77.4 Å². The number of amides is 1. The lowest BCUT2D eigenvalue weighted by atomic mass is 10.2. The summed E-state index contributed by atoms with van der Waals surface area (Å²) >= 11 is 0. The van der Waals surface area contributed by atoms with Gasteiger partial charge in [0, 0.05) is 49.7 Å². The van der Waals surface area contributed by atoms with Crippen molar-refractivity contribution in [3.8, 4) is 0 Å². The third kappa shape index (κ3) is 6.80. The maximum atomic E-state index is 12.0. The van der Waals surface area contributed by atoms with Gasteiger partial charge in [0.25, 0.3) is 0 Å². The Hall–Kier alpha value is -2.89. The zero-order chi connectivity index (χ0) is 24.3. The molecule has 2 aromatic heterocycles. The molecule has 0 radical (unpaired) electrons. The van der Waals surface area contributed by atoms with Crippen molar-refractivity contribution in [2.24, 2.45) is 0 Å². The van der Waals surface area contributed by atoms with Gasteiger partial charge in [-0.2, -0.15) is 18.3 Å². The number of hydrogen-bond acceptors (Lipinski definition) is 5. The molecule has 12 heteroatoms. The van der Waals surface area contributed by atoms with E-state index < -0.39 is 12.1 Å². The van der Waals surface area contributed by atoms with Crippen molar-refractivity contribution < 1.29 is 27.9 Å². The number of carboxylic acid groups (broad SMARTS) is 1. The number of aromatic nitrogens is 4. The largest absolute Gasteiger partial charge is 0.490 e. The molecule has 0 saturated heterocycles. The molecule has 4 rings (SSSR count). The fraction of sp³-hybridized carbons (Fsp3) is 0.619. The minimum atomic E-state index is -5.08. The molecule has 1 unspecified atom stereocenters. The lowest BCUT2D eigenvalue weighted by molar-refractivity contribution is -0.192. The number of imidazole rings is 1. The predicted molar refractivity (Wildman–Crippen MR) is 112 cm³/mol. The van der Waals surface area contributed by atoms with Gasteiger partial charge in [0.2, 0.25) is 5.91 Å². The van der Waals surface area contributed by atoms with Crippen LogP contribution in [0.1, 0.15) is 62.8 Å². The van der Waals surface area contributed by atoms with Crippen molar-refractivity contribution in [3.05, 3.63) is 35.7 Å².